The maximum Gasteiger partial charge on any atom is 0.266 e. The molecule has 2 heterocycles. The van der Waals surface area contributed by atoms with Crippen LogP contribution in [-0.2, 0) is 15.4 Å². The van der Waals surface area contributed by atoms with Crippen LogP contribution in [0.1, 0.15) is 57.4 Å². The standard InChI is InChI=1S/C15H22N4O3S/c1-10-13(15(2,3)4)22-17-14(10)18-23(20,21)12-8-16-19(9-12)11-6-5-7-11/h8-9,11H,5-7H2,1-4H3,(H,17,18). The summed E-state index contributed by atoms with van der Waals surface area (Å²) < 4.78 is 34.6. The van der Waals surface area contributed by atoms with E-state index in [1.165, 1.54) is 12.6 Å². The minimum absolute atomic E-state index is 0.143. The lowest BCUT2D eigenvalue weighted by atomic mass is 9.91. The zero-order valence-electron chi connectivity index (χ0n) is 13.8. The van der Waals surface area contributed by atoms with E-state index in [1.54, 1.807) is 17.8 Å². The Morgan fingerprint density at radius 1 is 1.35 bits per heavy atom. The Balaban J connectivity index is 1.84. The van der Waals surface area contributed by atoms with Crippen molar-refractivity contribution in [2.24, 2.45) is 0 Å². The third kappa shape index (κ3) is 2.99. The van der Waals surface area contributed by atoms with Crippen molar-refractivity contribution in [1.29, 1.82) is 0 Å². The molecule has 1 aliphatic rings. The summed E-state index contributed by atoms with van der Waals surface area (Å²) in [7, 11) is -3.72. The number of hydrogen-bond acceptors (Lipinski definition) is 5. The van der Waals surface area contributed by atoms with Crippen LogP contribution in [0, 0.1) is 6.92 Å². The van der Waals surface area contributed by atoms with Gasteiger partial charge < -0.3 is 4.52 Å². The van der Waals surface area contributed by atoms with E-state index < -0.39 is 10.0 Å². The molecular weight excluding hydrogens is 316 g/mol. The molecule has 3 rings (SSSR count). The molecule has 23 heavy (non-hydrogen) atoms. The molecule has 0 amide bonds. The molecule has 2 aromatic heterocycles. The van der Waals surface area contributed by atoms with E-state index in [-0.39, 0.29) is 16.1 Å². The lowest BCUT2D eigenvalue weighted by molar-refractivity contribution is 0.289. The zero-order valence-corrected chi connectivity index (χ0v) is 14.6. The summed E-state index contributed by atoms with van der Waals surface area (Å²) in [5, 5.41) is 8.04. The van der Waals surface area contributed by atoms with Crippen molar-refractivity contribution in [3.8, 4) is 0 Å². The van der Waals surface area contributed by atoms with Crippen molar-refractivity contribution < 1.29 is 12.9 Å². The van der Waals surface area contributed by atoms with E-state index in [0.717, 1.165) is 12.8 Å². The first-order chi connectivity index (χ1) is 10.7. The lowest BCUT2D eigenvalue weighted by Crippen LogP contribution is -2.17. The first kappa shape index (κ1) is 16.0. The molecule has 1 saturated carbocycles. The summed E-state index contributed by atoms with van der Waals surface area (Å²) in [4.78, 5) is 0.143. The Labute approximate surface area is 136 Å². The predicted octanol–water partition coefficient (Wildman–Crippen LogP) is 3.00. The molecule has 0 bridgehead atoms. The smallest absolute Gasteiger partial charge is 0.266 e. The van der Waals surface area contributed by atoms with E-state index in [1.807, 2.05) is 20.8 Å². The molecule has 0 saturated heterocycles. The Bertz CT molecular complexity index is 810. The first-order valence-corrected chi connectivity index (χ1v) is 9.20. The second kappa shape index (κ2) is 5.36. The highest BCUT2D eigenvalue weighted by molar-refractivity contribution is 7.92. The van der Waals surface area contributed by atoms with Crippen LogP contribution in [0.2, 0.25) is 0 Å². The summed E-state index contributed by atoms with van der Waals surface area (Å²) in [6, 6.07) is 0.320. The van der Waals surface area contributed by atoms with Crippen molar-refractivity contribution in [2.75, 3.05) is 4.72 Å². The van der Waals surface area contributed by atoms with Crippen LogP contribution in [0.3, 0.4) is 0 Å². The summed E-state index contributed by atoms with van der Waals surface area (Å²) in [6.45, 7) is 7.76. The molecule has 1 N–H and O–H groups in total. The maximum atomic E-state index is 12.5. The summed E-state index contributed by atoms with van der Waals surface area (Å²) in [5.74, 6) is 0.895. The lowest BCUT2D eigenvalue weighted by Gasteiger charge is -2.25. The molecule has 0 aromatic carbocycles. The van der Waals surface area contributed by atoms with Crippen LogP contribution < -0.4 is 4.72 Å². The number of nitrogens with one attached hydrogen (secondary N) is 1. The maximum absolute atomic E-state index is 12.5. The average molecular weight is 338 g/mol. The van der Waals surface area contributed by atoms with E-state index in [9.17, 15) is 8.42 Å². The SMILES string of the molecule is Cc1c(NS(=O)(=O)c2cnn(C3CCC3)c2)noc1C(C)(C)C. The van der Waals surface area contributed by atoms with Gasteiger partial charge in [0.05, 0.1) is 12.2 Å². The molecule has 126 valence electrons. The van der Waals surface area contributed by atoms with Crippen LogP contribution in [0.25, 0.3) is 0 Å². The van der Waals surface area contributed by atoms with Gasteiger partial charge in [0.25, 0.3) is 10.0 Å². The van der Waals surface area contributed by atoms with Crippen molar-refractivity contribution in [3.63, 3.8) is 0 Å². The molecule has 1 fully saturated rings. The van der Waals surface area contributed by atoms with Gasteiger partial charge in [-0.15, -0.1) is 0 Å². The Morgan fingerprint density at radius 2 is 2.04 bits per heavy atom. The van der Waals surface area contributed by atoms with Gasteiger partial charge in [-0.25, -0.2) is 8.42 Å². The quantitative estimate of drug-likeness (QED) is 0.925. The van der Waals surface area contributed by atoms with Gasteiger partial charge in [-0.3, -0.25) is 9.40 Å². The van der Waals surface area contributed by atoms with Gasteiger partial charge >= 0.3 is 0 Å². The molecule has 8 heteroatoms. The van der Waals surface area contributed by atoms with Gasteiger partial charge in [0, 0.05) is 17.2 Å². The number of nitrogens with zero attached hydrogens (tertiary/aromatic N) is 3. The monoisotopic (exact) mass is 338 g/mol. The predicted molar refractivity (Wildman–Crippen MR) is 85.9 cm³/mol. The fourth-order valence-corrected chi connectivity index (χ4v) is 3.62. The van der Waals surface area contributed by atoms with Crippen LogP contribution >= 0.6 is 0 Å². The number of aromatic nitrogens is 3. The molecule has 7 nitrogen and oxygen atoms in total. The topological polar surface area (TPSA) is 90.0 Å². The van der Waals surface area contributed by atoms with Crippen molar-refractivity contribution >= 4 is 15.8 Å². The van der Waals surface area contributed by atoms with Crippen molar-refractivity contribution in [2.45, 2.75) is 63.3 Å². The normalized spacial score (nSPS) is 16.3. The number of anilines is 1. The highest BCUT2D eigenvalue weighted by Crippen LogP contribution is 2.32. The van der Waals surface area contributed by atoms with Gasteiger partial charge in [-0.2, -0.15) is 5.10 Å². The zero-order chi connectivity index (χ0) is 16.8. The molecule has 0 spiro atoms. The van der Waals surface area contributed by atoms with Gasteiger partial charge in [-0.05, 0) is 26.2 Å². The summed E-state index contributed by atoms with van der Waals surface area (Å²) >= 11 is 0. The largest absolute Gasteiger partial charge is 0.358 e. The molecule has 0 aliphatic heterocycles. The number of rotatable bonds is 4. The molecule has 0 unspecified atom stereocenters. The third-order valence-corrected chi connectivity index (χ3v) is 5.47. The fraction of sp³-hybridized carbons (Fsp3) is 0.600. The van der Waals surface area contributed by atoms with E-state index >= 15 is 0 Å². The van der Waals surface area contributed by atoms with E-state index in [2.05, 4.69) is 15.0 Å². The van der Waals surface area contributed by atoms with Crippen LogP contribution in [-0.4, -0.2) is 23.4 Å². The van der Waals surface area contributed by atoms with Gasteiger partial charge in [0.2, 0.25) is 0 Å². The second-order valence-corrected chi connectivity index (χ2v) is 8.76. The van der Waals surface area contributed by atoms with E-state index in [0.29, 0.717) is 17.4 Å². The minimum Gasteiger partial charge on any atom is -0.358 e. The van der Waals surface area contributed by atoms with Crippen LogP contribution in [0.15, 0.2) is 21.8 Å². The highest BCUT2D eigenvalue weighted by atomic mass is 32.2. The van der Waals surface area contributed by atoms with Gasteiger partial charge in [0.15, 0.2) is 5.82 Å². The Kier molecular flexibility index (Phi) is 3.74. The Morgan fingerprint density at radius 3 is 2.57 bits per heavy atom. The van der Waals surface area contributed by atoms with Crippen molar-refractivity contribution in [3.05, 3.63) is 23.7 Å². The molecule has 2 aromatic rings. The average Bonchev–Trinajstić information content (AvgIpc) is 2.95. The highest BCUT2D eigenvalue weighted by Gasteiger charge is 2.28. The number of sulfonamides is 1. The van der Waals surface area contributed by atoms with Crippen LogP contribution in [0.4, 0.5) is 5.82 Å². The molecule has 0 atom stereocenters. The third-order valence-electron chi connectivity index (χ3n) is 4.17. The second-order valence-electron chi connectivity index (χ2n) is 7.08. The fourth-order valence-electron chi connectivity index (χ4n) is 2.63. The summed E-state index contributed by atoms with van der Waals surface area (Å²) in [5.41, 5.74) is 0.461. The molecular formula is C15H22N4O3S. The van der Waals surface area contributed by atoms with E-state index in [4.69, 9.17) is 4.52 Å². The molecule has 0 radical (unpaired) electrons. The first-order valence-electron chi connectivity index (χ1n) is 7.72. The van der Waals surface area contributed by atoms with Gasteiger partial charge in [0.1, 0.15) is 10.7 Å². The van der Waals surface area contributed by atoms with Gasteiger partial charge in [-0.1, -0.05) is 25.9 Å². The van der Waals surface area contributed by atoms with Crippen molar-refractivity contribution in [1.82, 2.24) is 14.9 Å². The summed E-state index contributed by atoms with van der Waals surface area (Å²) in [6.07, 6.45) is 6.21. The minimum atomic E-state index is -3.72. The molecule has 1 aliphatic carbocycles. The van der Waals surface area contributed by atoms with Crippen LogP contribution in [0.5, 0.6) is 0 Å². The Hall–Kier alpha value is -1.83. The number of hydrogen-bond donors (Lipinski definition) is 1.